The lowest BCUT2D eigenvalue weighted by Crippen LogP contribution is -1.52. The number of halogens is 2. The minimum atomic E-state index is 0.888. The molecule has 0 bridgehead atoms. The fourth-order valence-corrected chi connectivity index (χ4v) is 2.83. The molecule has 1 rings (SSSR count). The molecule has 0 fully saturated rings. The van der Waals surface area contributed by atoms with Gasteiger partial charge in [0.1, 0.15) is 0 Å². The minimum absolute atomic E-state index is 0.888. The Hall–Kier alpha value is 0.720. The summed E-state index contributed by atoms with van der Waals surface area (Å²) in [7, 11) is 0. The average Bonchev–Trinajstić information content (AvgIpc) is 1.85. The molecule has 0 aliphatic heterocycles. The summed E-state index contributed by atoms with van der Waals surface area (Å²) in [5.74, 6) is 0. The van der Waals surface area contributed by atoms with Crippen molar-refractivity contribution in [3.8, 4) is 0 Å². The first-order valence-corrected chi connectivity index (χ1v) is 4.39. The number of thiophene rings is 1. The van der Waals surface area contributed by atoms with Crippen molar-refractivity contribution in [2.24, 2.45) is 0 Å². The Morgan fingerprint density at radius 3 is 2.50 bits per heavy atom. The van der Waals surface area contributed by atoms with Gasteiger partial charge in [0.25, 0.3) is 0 Å². The maximum atomic E-state index is 5.74. The number of hydrogen-bond donors (Lipinski definition) is 0. The number of hydrogen-bond acceptors (Lipinski definition) is 1. The zero-order valence-corrected chi connectivity index (χ0v) is 7.97. The van der Waals surface area contributed by atoms with Crippen molar-refractivity contribution in [3.05, 3.63) is 18.9 Å². The molecule has 1 heterocycles. The lowest BCUT2D eigenvalue weighted by atomic mass is 10.5. The van der Waals surface area contributed by atoms with E-state index in [1.54, 1.807) is 11.3 Å². The summed E-state index contributed by atoms with van der Waals surface area (Å²) in [6, 6.07) is 1.97. The summed E-state index contributed by atoms with van der Waals surface area (Å²) in [6.07, 6.45) is 0. The van der Waals surface area contributed by atoms with E-state index in [-0.39, 0.29) is 0 Å². The fraction of sp³-hybridized carbons (Fsp3) is 0.200. The molecule has 0 aliphatic carbocycles. The van der Waals surface area contributed by atoms with Crippen molar-refractivity contribution in [2.45, 2.75) is 6.92 Å². The standard InChI is InChI=1S/C5H4ClIS/c1-3-4(6)2-5(7)8-3/h2H,1H3. The van der Waals surface area contributed by atoms with Crippen molar-refractivity contribution in [3.63, 3.8) is 0 Å². The number of aryl methyl sites for hydroxylation is 1. The summed E-state index contributed by atoms with van der Waals surface area (Å²) in [5, 5.41) is 0.888. The van der Waals surface area contributed by atoms with E-state index in [0.29, 0.717) is 0 Å². The van der Waals surface area contributed by atoms with E-state index in [2.05, 4.69) is 22.6 Å². The molecule has 1 aromatic heterocycles. The van der Waals surface area contributed by atoms with Gasteiger partial charge in [-0.25, -0.2) is 0 Å². The molecule has 0 unspecified atom stereocenters. The summed E-state index contributed by atoms with van der Waals surface area (Å²) in [4.78, 5) is 1.20. The van der Waals surface area contributed by atoms with Crippen molar-refractivity contribution in [1.29, 1.82) is 0 Å². The van der Waals surface area contributed by atoms with Gasteiger partial charge < -0.3 is 0 Å². The maximum absolute atomic E-state index is 5.74. The Balaban J connectivity index is 3.14. The topological polar surface area (TPSA) is 0 Å². The normalized spacial score (nSPS) is 9.88. The van der Waals surface area contributed by atoms with Gasteiger partial charge in [0.15, 0.2) is 0 Å². The Bertz CT molecular complexity index is 175. The van der Waals surface area contributed by atoms with E-state index in [1.807, 2.05) is 13.0 Å². The molecule has 0 spiro atoms. The van der Waals surface area contributed by atoms with Gasteiger partial charge in [-0.1, -0.05) is 11.6 Å². The van der Waals surface area contributed by atoms with Crippen LogP contribution in [-0.4, -0.2) is 0 Å². The van der Waals surface area contributed by atoms with E-state index in [4.69, 9.17) is 11.6 Å². The van der Waals surface area contributed by atoms with Crippen LogP contribution in [0, 0.1) is 9.81 Å². The van der Waals surface area contributed by atoms with Crippen molar-refractivity contribution in [2.75, 3.05) is 0 Å². The van der Waals surface area contributed by atoms with Crippen LogP contribution in [0.5, 0.6) is 0 Å². The van der Waals surface area contributed by atoms with E-state index in [1.165, 1.54) is 7.76 Å². The molecule has 0 saturated carbocycles. The second-order valence-corrected chi connectivity index (χ2v) is 5.01. The first-order valence-electron chi connectivity index (χ1n) is 2.11. The zero-order chi connectivity index (χ0) is 6.15. The Morgan fingerprint density at radius 1 is 1.75 bits per heavy atom. The largest absolute Gasteiger partial charge is 0.133 e. The Morgan fingerprint density at radius 2 is 2.38 bits per heavy atom. The van der Waals surface area contributed by atoms with E-state index >= 15 is 0 Å². The fourth-order valence-electron chi connectivity index (χ4n) is 0.426. The molecular formula is C5H4ClIS. The van der Waals surface area contributed by atoms with Gasteiger partial charge >= 0.3 is 0 Å². The first-order chi connectivity index (χ1) is 3.70. The third-order valence-electron chi connectivity index (χ3n) is 0.827. The summed E-state index contributed by atoms with van der Waals surface area (Å²) in [5.41, 5.74) is 0. The van der Waals surface area contributed by atoms with E-state index in [9.17, 15) is 0 Å². The highest BCUT2D eigenvalue weighted by atomic mass is 127. The van der Waals surface area contributed by atoms with Crippen LogP contribution in [0.3, 0.4) is 0 Å². The summed E-state index contributed by atoms with van der Waals surface area (Å²) < 4.78 is 1.25. The van der Waals surface area contributed by atoms with Gasteiger partial charge in [-0.15, -0.1) is 11.3 Å². The van der Waals surface area contributed by atoms with Crippen molar-refractivity contribution in [1.82, 2.24) is 0 Å². The molecule has 8 heavy (non-hydrogen) atoms. The molecule has 3 heteroatoms. The van der Waals surface area contributed by atoms with E-state index < -0.39 is 0 Å². The highest BCUT2D eigenvalue weighted by Gasteiger charge is 1.97. The first kappa shape index (κ1) is 6.83. The molecule has 0 atom stereocenters. The van der Waals surface area contributed by atoms with Crippen LogP contribution in [-0.2, 0) is 0 Å². The van der Waals surface area contributed by atoms with Gasteiger partial charge in [-0.05, 0) is 35.6 Å². The van der Waals surface area contributed by atoms with Gasteiger partial charge in [-0.3, -0.25) is 0 Å². The average molecular weight is 259 g/mol. The summed E-state index contributed by atoms with van der Waals surface area (Å²) >= 11 is 9.72. The molecule has 0 amide bonds. The second kappa shape index (κ2) is 2.54. The Labute approximate surface area is 71.0 Å². The maximum Gasteiger partial charge on any atom is 0.0671 e. The highest BCUT2D eigenvalue weighted by Crippen LogP contribution is 2.26. The quantitative estimate of drug-likeness (QED) is 0.626. The van der Waals surface area contributed by atoms with Gasteiger partial charge in [0.2, 0.25) is 0 Å². The third-order valence-corrected chi connectivity index (χ3v) is 3.14. The van der Waals surface area contributed by atoms with Crippen LogP contribution >= 0.6 is 45.5 Å². The molecule has 44 valence electrons. The molecule has 0 radical (unpaired) electrons. The number of rotatable bonds is 0. The molecule has 0 aromatic carbocycles. The van der Waals surface area contributed by atoms with Gasteiger partial charge in [0.05, 0.1) is 7.91 Å². The third kappa shape index (κ3) is 1.36. The monoisotopic (exact) mass is 258 g/mol. The van der Waals surface area contributed by atoms with Crippen LogP contribution in [0.25, 0.3) is 0 Å². The molecular weight excluding hydrogens is 254 g/mol. The second-order valence-electron chi connectivity index (χ2n) is 1.45. The smallest absolute Gasteiger partial charge is 0.0671 e. The highest BCUT2D eigenvalue weighted by molar-refractivity contribution is 14.1. The Kier molecular flexibility index (Phi) is 2.17. The molecule has 1 aromatic rings. The van der Waals surface area contributed by atoms with Gasteiger partial charge in [-0.2, -0.15) is 0 Å². The predicted octanol–water partition coefficient (Wildman–Crippen LogP) is 3.31. The van der Waals surface area contributed by atoms with E-state index in [0.717, 1.165) is 5.02 Å². The van der Waals surface area contributed by atoms with Crippen LogP contribution < -0.4 is 0 Å². The van der Waals surface area contributed by atoms with Crippen LogP contribution in [0.15, 0.2) is 6.07 Å². The zero-order valence-electron chi connectivity index (χ0n) is 4.24. The molecule has 0 aliphatic rings. The van der Waals surface area contributed by atoms with Crippen LogP contribution in [0.1, 0.15) is 4.88 Å². The van der Waals surface area contributed by atoms with Crippen molar-refractivity contribution < 1.29 is 0 Å². The molecule has 0 saturated heterocycles. The minimum Gasteiger partial charge on any atom is -0.133 e. The summed E-state index contributed by atoms with van der Waals surface area (Å²) in [6.45, 7) is 2.02. The molecule has 0 N–H and O–H groups in total. The lowest BCUT2D eigenvalue weighted by molar-refractivity contribution is 1.64. The van der Waals surface area contributed by atoms with Crippen LogP contribution in [0.2, 0.25) is 5.02 Å². The van der Waals surface area contributed by atoms with Crippen molar-refractivity contribution >= 4 is 45.5 Å². The lowest BCUT2D eigenvalue weighted by Gasteiger charge is -1.76. The molecule has 0 nitrogen and oxygen atoms in total. The van der Waals surface area contributed by atoms with Gasteiger partial charge in [0, 0.05) is 4.88 Å². The SMILES string of the molecule is Cc1sc(I)cc1Cl. The predicted molar refractivity (Wildman–Crippen MR) is 46.8 cm³/mol. The van der Waals surface area contributed by atoms with Crippen LogP contribution in [0.4, 0.5) is 0 Å².